The van der Waals surface area contributed by atoms with Crippen molar-refractivity contribution in [2.45, 2.75) is 0 Å². The van der Waals surface area contributed by atoms with E-state index in [1.165, 1.54) is 47.0 Å². The molecule has 102 valence electrons. The van der Waals surface area contributed by atoms with Crippen molar-refractivity contribution in [3.63, 3.8) is 0 Å². The zero-order chi connectivity index (χ0) is 14.1. The van der Waals surface area contributed by atoms with E-state index in [9.17, 15) is 15.0 Å². The molecule has 0 amide bonds. The largest absolute Gasteiger partial charge is 0.506 e. The van der Waals surface area contributed by atoms with Gasteiger partial charge in [0.05, 0.1) is 11.1 Å². The van der Waals surface area contributed by atoms with E-state index in [1.807, 2.05) is 21.6 Å². The predicted octanol–water partition coefficient (Wildman–Crippen LogP) is 4.78. The number of aliphatic hydroxyl groups excluding tert-OH is 2. The first kappa shape index (κ1) is 14.1. The Morgan fingerprint density at radius 3 is 1.70 bits per heavy atom. The van der Waals surface area contributed by atoms with Crippen molar-refractivity contribution in [2.24, 2.45) is 0 Å². The van der Waals surface area contributed by atoms with Gasteiger partial charge < -0.3 is 10.2 Å². The van der Waals surface area contributed by atoms with E-state index < -0.39 is 11.5 Å². The number of aliphatic hydroxyl groups is 2. The topological polar surface area (TPSA) is 57.5 Å². The van der Waals surface area contributed by atoms with E-state index in [0.717, 1.165) is 8.47 Å². The zero-order valence-corrected chi connectivity index (χ0v) is 13.2. The van der Waals surface area contributed by atoms with E-state index in [0.29, 0.717) is 0 Å². The van der Waals surface area contributed by atoms with Gasteiger partial charge in [-0.2, -0.15) is 0 Å². The van der Waals surface area contributed by atoms with Crippen molar-refractivity contribution < 1.29 is 15.0 Å². The van der Waals surface area contributed by atoms with Gasteiger partial charge in [-0.1, -0.05) is 47.0 Å². The van der Waals surface area contributed by atoms with Crippen LogP contribution in [0, 0.1) is 0 Å². The van der Waals surface area contributed by atoms with Gasteiger partial charge in [0.2, 0.25) is 5.78 Å². The summed E-state index contributed by atoms with van der Waals surface area (Å²) in [5, 5.41) is 27.7. The monoisotopic (exact) mass is 340 g/mol. The Balaban J connectivity index is 1.93. The summed E-state index contributed by atoms with van der Waals surface area (Å²) in [4.78, 5) is 12.0. The highest BCUT2D eigenvalue weighted by Gasteiger charge is 2.31. The molecule has 2 N–H and O–H groups in total. The minimum atomic E-state index is -0.532. The lowest BCUT2D eigenvalue weighted by atomic mass is 10.2. The first-order valence-corrected chi connectivity index (χ1v) is 9.00. The zero-order valence-electron chi connectivity index (χ0n) is 9.90. The lowest BCUT2D eigenvalue weighted by molar-refractivity contribution is -0.114. The van der Waals surface area contributed by atoms with E-state index in [1.54, 1.807) is 12.2 Å². The molecule has 0 spiro atoms. The fourth-order valence-electron chi connectivity index (χ4n) is 1.69. The third-order valence-corrected chi connectivity index (χ3v) is 6.59. The van der Waals surface area contributed by atoms with E-state index in [4.69, 9.17) is 0 Å². The second kappa shape index (κ2) is 5.85. The molecule has 3 nitrogen and oxygen atoms in total. The number of rotatable bonds is 2. The molecule has 3 rings (SSSR count). The molecule has 0 unspecified atom stereocenters. The number of thioether (sulfide) groups is 4. The van der Waals surface area contributed by atoms with Crippen molar-refractivity contribution >= 4 is 52.8 Å². The van der Waals surface area contributed by atoms with Gasteiger partial charge in [0.25, 0.3) is 0 Å². The third kappa shape index (κ3) is 2.63. The molecule has 1 aliphatic carbocycles. The van der Waals surface area contributed by atoms with Crippen LogP contribution in [0.15, 0.2) is 64.9 Å². The average molecular weight is 340 g/mol. The van der Waals surface area contributed by atoms with Gasteiger partial charge in [-0.25, -0.2) is 0 Å². The fraction of sp³-hybridized carbons (Fsp3) is 0. The van der Waals surface area contributed by atoms with E-state index >= 15 is 0 Å². The van der Waals surface area contributed by atoms with Crippen LogP contribution >= 0.6 is 47.0 Å². The van der Waals surface area contributed by atoms with Crippen molar-refractivity contribution in [2.75, 3.05) is 0 Å². The summed E-state index contributed by atoms with van der Waals surface area (Å²) >= 11 is 5.94. The Hall–Kier alpha value is -0.890. The van der Waals surface area contributed by atoms with Gasteiger partial charge in [0, 0.05) is 8.47 Å². The number of ketones is 1. The molecule has 0 aromatic carbocycles. The smallest absolute Gasteiger partial charge is 0.231 e. The Kier molecular flexibility index (Phi) is 4.11. The molecule has 3 aliphatic rings. The van der Waals surface area contributed by atoms with Crippen LogP contribution in [-0.2, 0) is 4.79 Å². The molecule has 7 heteroatoms. The highest BCUT2D eigenvalue weighted by Crippen LogP contribution is 2.42. The Morgan fingerprint density at radius 2 is 1.20 bits per heavy atom. The van der Waals surface area contributed by atoms with Crippen LogP contribution in [0.3, 0.4) is 0 Å². The maximum absolute atomic E-state index is 12.0. The number of hydrogen-bond donors (Lipinski definition) is 2. The summed E-state index contributed by atoms with van der Waals surface area (Å²) in [7, 11) is 0. The Labute approximate surface area is 132 Å². The van der Waals surface area contributed by atoms with Crippen molar-refractivity contribution in [1.29, 1.82) is 0 Å². The molecular formula is C13H8O3S4. The van der Waals surface area contributed by atoms with Gasteiger partial charge in [-0.05, 0) is 33.8 Å². The van der Waals surface area contributed by atoms with Crippen molar-refractivity contribution in [3.05, 3.63) is 64.9 Å². The summed E-state index contributed by atoms with van der Waals surface area (Å²) in [5.41, 5.74) is 0.343. The molecular weight excluding hydrogens is 332 g/mol. The Bertz CT molecular complexity index is 645. The number of Topliss-reactive ketones (excluding diaryl/α,β-unsaturated/α-hetero) is 1. The lowest BCUT2D eigenvalue weighted by Crippen LogP contribution is -2.00. The molecule has 0 aromatic heterocycles. The SMILES string of the molecule is O=C1C(O)=C(C=C2SC=CS2)C(O)=C1C=C1SC=CS1. The summed E-state index contributed by atoms with van der Waals surface area (Å²) in [6.07, 6.45) is 3.25. The van der Waals surface area contributed by atoms with Crippen molar-refractivity contribution in [1.82, 2.24) is 0 Å². The molecule has 0 radical (unpaired) electrons. The van der Waals surface area contributed by atoms with Crippen LogP contribution in [0.5, 0.6) is 0 Å². The fourth-order valence-corrected chi connectivity index (χ4v) is 4.97. The highest BCUT2D eigenvalue weighted by atomic mass is 32.2. The maximum Gasteiger partial charge on any atom is 0.231 e. The highest BCUT2D eigenvalue weighted by molar-refractivity contribution is 8.27. The minimum Gasteiger partial charge on any atom is -0.506 e. The maximum atomic E-state index is 12.0. The predicted molar refractivity (Wildman–Crippen MR) is 89.1 cm³/mol. The second-order valence-electron chi connectivity index (χ2n) is 3.80. The number of carbonyl (C=O) groups is 1. The van der Waals surface area contributed by atoms with Crippen LogP contribution in [-0.4, -0.2) is 16.0 Å². The molecule has 0 aromatic rings. The van der Waals surface area contributed by atoms with Gasteiger partial charge in [-0.3, -0.25) is 4.79 Å². The first-order chi connectivity index (χ1) is 9.66. The molecule has 2 aliphatic heterocycles. The molecule has 0 fully saturated rings. The number of allylic oxidation sites excluding steroid dienone is 3. The quantitative estimate of drug-likeness (QED) is 0.750. The third-order valence-electron chi connectivity index (χ3n) is 2.60. The van der Waals surface area contributed by atoms with Gasteiger partial charge in [0.1, 0.15) is 5.76 Å². The van der Waals surface area contributed by atoms with Crippen LogP contribution in [0.1, 0.15) is 0 Å². The molecule has 0 atom stereocenters. The van der Waals surface area contributed by atoms with Crippen molar-refractivity contribution in [3.8, 4) is 0 Å². The van der Waals surface area contributed by atoms with E-state index in [2.05, 4.69) is 0 Å². The van der Waals surface area contributed by atoms with Crippen LogP contribution in [0.2, 0.25) is 0 Å². The molecule has 0 bridgehead atoms. The Morgan fingerprint density at radius 1 is 0.750 bits per heavy atom. The summed E-state index contributed by atoms with van der Waals surface area (Å²) < 4.78 is 1.80. The molecule has 2 heterocycles. The van der Waals surface area contributed by atoms with E-state index in [-0.39, 0.29) is 16.9 Å². The van der Waals surface area contributed by atoms with Gasteiger partial charge >= 0.3 is 0 Å². The number of carbonyl (C=O) groups excluding carboxylic acids is 1. The number of hydrogen-bond acceptors (Lipinski definition) is 7. The van der Waals surface area contributed by atoms with Crippen LogP contribution in [0.4, 0.5) is 0 Å². The average Bonchev–Trinajstić information content (AvgIpc) is 3.15. The van der Waals surface area contributed by atoms with Gasteiger partial charge in [-0.15, -0.1) is 0 Å². The lowest BCUT2D eigenvalue weighted by Gasteiger charge is -1.99. The summed E-state index contributed by atoms with van der Waals surface area (Å²) in [5.74, 6) is -1.08. The van der Waals surface area contributed by atoms with Gasteiger partial charge in [0.15, 0.2) is 5.76 Å². The second-order valence-corrected chi connectivity index (χ2v) is 8.10. The standard InChI is InChI=1S/C13H8O3S4/c14-11-7(5-9-17-1-2-18-9)12(15)13(16)8(11)6-10-19-3-4-20-10/h1-6,14H,(H,15,16). The van der Waals surface area contributed by atoms with Crippen LogP contribution < -0.4 is 0 Å². The summed E-state index contributed by atoms with van der Waals surface area (Å²) in [6.45, 7) is 0. The minimum absolute atomic E-state index is 0.147. The van der Waals surface area contributed by atoms with Crippen LogP contribution in [0.25, 0.3) is 0 Å². The normalized spacial score (nSPS) is 21.7. The molecule has 20 heavy (non-hydrogen) atoms. The molecule has 0 saturated carbocycles. The summed E-state index contributed by atoms with van der Waals surface area (Å²) in [6, 6.07) is 0. The first-order valence-electron chi connectivity index (χ1n) is 5.48. The molecule has 0 saturated heterocycles.